The van der Waals surface area contributed by atoms with Gasteiger partial charge >= 0.3 is 5.97 Å². The zero-order valence-electron chi connectivity index (χ0n) is 9.07. The molecule has 0 amide bonds. The molecular formula is C11H14O3S. The zero-order chi connectivity index (χ0) is 11.3. The Morgan fingerprint density at radius 2 is 2.13 bits per heavy atom. The monoisotopic (exact) mass is 226 g/mol. The van der Waals surface area contributed by atoms with Crippen LogP contribution in [0.25, 0.3) is 0 Å². The summed E-state index contributed by atoms with van der Waals surface area (Å²) in [5.74, 6) is 0.470. The van der Waals surface area contributed by atoms with Gasteiger partial charge in [0.25, 0.3) is 0 Å². The third-order valence-electron chi connectivity index (χ3n) is 2.06. The maximum Gasteiger partial charge on any atom is 0.310 e. The second-order valence-corrected chi connectivity index (χ2v) is 3.81. The summed E-state index contributed by atoms with van der Waals surface area (Å²) in [6.07, 6.45) is 2.24. The molecule has 0 aliphatic carbocycles. The maximum absolute atomic E-state index is 11.1. The van der Waals surface area contributed by atoms with E-state index >= 15 is 0 Å². The number of esters is 1. The molecule has 0 aliphatic heterocycles. The normalized spacial score (nSPS) is 9.80. The third kappa shape index (κ3) is 3.16. The van der Waals surface area contributed by atoms with Crippen LogP contribution in [0.4, 0.5) is 0 Å². The summed E-state index contributed by atoms with van der Waals surface area (Å²) in [6.45, 7) is 0. The first-order chi connectivity index (χ1) is 7.21. The van der Waals surface area contributed by atoms with E-state index in [1.165, 1.54) is 7.11 Å². The van der Waals surface area contributed by atoms with Crippen molar-refractivity contribution >= 4 is 17.7 Å². The van der Waals surface area contributed by atoms with Gasteiger partial charge in [-0.25, -0.2) is 0 Å². The van der Waals surface area contributed by atoms with E-state index in [-0.39, 0.29) is 12.4 Å². The van der Waals surface area contributed by atoms with Crippen molar-refractivity contribution in [3.8, 4) is 5.75 Å². The van der Waals surface area contributed by atoms with Crippen molar-refractivity contribution in [1.82, 2.24) is 0 Å². The Balaban J connectivity index is 2.92. The summed E-state index contributed by atoms with van der Waals surface area (Å²) in [6, 6.07) is 5.77. The largest absolute Gasteiger partial charge is 0.496 e. The van der Waals surface area contributed by atoms with Crippen LogP contribution in [-0.4, -0.2) is 26.4 Å². The van der Waals surface area contributed by atoms with Crippen LogP contribution in [0, 0.1) is 0 Å². The first-order valence-corrected chi connectivity index (χ1v) is 5.71. The number of thioether (sulfide) groups is 1. The minimum Gasteiger partial charge on any atom is -0.496 e. The first kappa shape index (κ1) is 11.9. The van der Waals surface area contributed by atoms with Crippen molar-refractivity contribution < 1.29 is 14.3 Å². The smallest absolute Gasteiger partial charge is 0.310 e. The van der Waals surface area contributed by atoms with Crippen molar-refractivity contribution in [2.75, 3.05) is 20.5 Å². The minimum atomic E-state index is -0.259. The molecule has 0 bridgehead atoms. The van der Waals surface area contributed by atoms with E-state index in [1.54, 1.807) is 18.9 Å². The van der Waals surface area contributed by atoms with Crippen LogP contribution in [0.1, 0.15) is 5.56 Å². The van der Waals surface area contributed by atoms with Gasteiger partial charge in [0.2, 0.25) is 0 Å². The lowest BCUT2D eigenvalue weighted by atomic mass is 10.1. The average Bonchev–Trinajstić information content (AvgIpc) is 2.29. The highest BCUT2D eigenvalue weighted by Gasteiger charge is 2.09. The van der Waals surface area contributed by atoms with E-state index in [4.69, 9.17) is 4.74 Å². The van der Waals surface area contributed by atoms with Gasteiger partial charge in [-0.15, -0.1) is 11.8 Å². The first-order valence-electron chi connectivity index (χ1n) is 4.49. The quantitative estimate of drug-likeness (QED) is 0.582. The maximum atomic E-state index is 11.1. The van der Waals surface area contributed by atoms with Crippen LogP contribution >= 0.6 is 11.8 Å². The SMILES string of the molecule is COC(=O)Cc1ccc(SC)cc1OC. The Kier molecular flexibility index (Phi) is 4.49. The number of methoxy groups -OCH3 is 2. The molecule has 0 aliphatic rings. The molecule has 0 N–H and O–H groups in total. The molecule has 0 spiro atoms. The fourth-order valence-corrected chi connectivity index (χ4v) is 1.65. The van der Waals surface area contributed by atoms with Crippen LogP contribution in [-0.2, 0) is 16.0 Å². The second-order valence-electron chi connectivity index (χ2n) is 2.93. The zero-order valence-corrected chi connectivity index (χ0v) is 9.89. The molecule has 82 valence electrons. The summed E-state index contributed by atoms with van der Waals surface area (Å²) in [5, 5.41) is 0. The minimum absolute atomic E-state index is 0.244. The van der Waals surface area contributed by atoms with Crippen molar-refractivity contribution in [2.45, 2.75) is 11.3 Å². The topological polar surface area (TPSA) is 35.5 Å². The number of hydrogen-bond acceptors (Lipinski definition) is 4. The molecule has 0 atom stereocenters. The van der Waals surface area contributed by atoms with Gasteiger partial charge in [-0.1, -0.05) is 6.07 Å². The Morgan fingerprint density at radius 1 is 1.40 bits per heavy atom. The lowest BCUT2D eigenvalue weighted by Gasteiger charge is -2.08. The van der Waals surface area contributed by atoms with E-state index in [0.717, 1.165) is 16.2 Å². The predicted molar refractivity (Wildman–Crippen MR) is 60.5 cm³/mol. The van der Waals surface area contributed by atoms with Crippen molar-refractivity contribution in [3.05, 3.63) is 23.8 Å². The molecule has 1 aromatic rings. The molecule has 3 nitrogen and oxygen atoms in total. The molecule has 15 heavy (non-hydrogen) atoms. The Bertz CT molecular complexity index is 350. The summed E-state index contributed by atoms with van der Waals surface area (Å²) in [4.78, 5) is 12.2. The van der Waals surface area contributed by atoms with Gasteiger partial charge in [0.05, 0.1) is 20.6 Å². The predicted octanol–water partition coefficient (Wildman–Crippen LogP) is 2.13. The molecule has 0 radical (unpaired) electrons. The van der Waals surface area contributed by atoms with Crippen LogP contribution in [0.15, 0.2) is 23.1 Å². The van der Waals surface area contributed by atoms with Gasteiger partial charge in [0, 0.05) is 10.5 Å². The number of carbonyl (C=O) groups is 1. The van der Waals surface area contributed by atoms with E-state index in [0.29, 0.717) is 0 Å². The summed E-state index contributed by atoms with van der Waals surface area (Å²) >= 11 is 1.64. The summed E-state index contributed by atoms with van der Waals surface area (Å²) in [7, 11) is 2.98. The number of hydrogen-bond donors (Lipinski definition) is 0. The summed E-state index contributed by atoms with van der Waals surface area (Å²) in [5.41, 5.74) is 0.849. The fourth-order valence-electron chi connectivity index (χ4n) is 1.23. The number of carbonyl (C=O) groups excluding carboxylic acids is 1. The summed E-state index contributed by atoms with van der Waals surface area (Å²) < 4.78 is 9.82. The molecular weight excluding hydrogens is 212 g/mol. The molecule has 4 heteroatoms. The van der Waals surface area contributed by atoms with Gasteiger partial charge < -0.3 is 9.47 Å². The number of benzene rings is 1. The van der Waals surface area contributed by atoms with Crippen LogP contribution < -0.4 is 4.74 Å². The number of ether oxygens (including phenoxy) is 2. The van der Waals surface area contributed by atoms with Gasteiger partial charge in [0.15, 0.2) is 0 Å². The van der Waals surface area contributed by atoms with Crippen molar-refractivity contribution in [1.29, 1.82) is 0 Å². The molecule has 0 fully saturated rings. The molecule has 0 saturated heterocycles. The van der Waals surface area contributed by atoms with E-state index < -0.39 is 0 Å². The Morgan fingerprint density at radius 3 is 2.67 bits per heavy atom. The lowest BCUT2D eigenvalue weighted by molar-refractivity contribution is -0.139. The molecule has 0 heterocycles. The Hall–Kier alpha value is -1.16. The van der Waals surface area contributed by atoms with Crippen LogP contribution in [0.5, 0.6) is 5.75 Å². The molecule has 1 aromatic carbocycles. The number of rotatable bonds is 4. The molecule has 0 saturated carbocycles. The second kappa shape index (κ2) is 5.66. The molecule has 1 rings (SSSR count). The van der Waals surface area contributed by atoms with Gasteiger partial charge in [-0.05, 0) is 18.4 Å². The van der Waals surface area contributed by atoms with E-state index in [9.17, 15) is 4.79 Å². The Labute approximate surface area is 93.8 Å². The third-order valence-corrected chi connectivity index (χ3v) is 2.78. The van der Waals surface area contributed by atoms with Crippen LogP contribution in [0.3, 0.4) is 0 Å². The lowest BCUT2D eigenvalue weighted by Crippen LogP contribution is -2.05. The average molecular weight is 226 g/mol. The standard InChI is InChI=1S/C11H14O3S/c1-13-10-7-9(15-3)5-4-8(10)6-11(12)14-2/h4-5,7H,6H2,1-3H3. The molecule has 0 aromatic heterocycles. The van der Waals surface area contributed by atoms with Gasteiger partial charge in [0.1, 0.15) is 5.75 Å². The fraction of sp³-hybridized carbons (Fsp3) is 0.364. The van der Waals surface area contributed by atoms with Crippen LogP contribution in [0.2, 0.25) is 0 Å². The van der Waals surface area contributed by atoms with E-state index in [1.807, 2.05) is 24.5 Å². The highest BCUT2D eigenvalue weighted by molar-refractivity contribution is 7.98. The van der Waals surface area contributed by atoms with Gasteiger partial charge in [-0.2, -0.15) is 0 Å². The van der Waals surface area contributed by atoms with Gasteiger partial charge in [-0.3, -0.25) is 4.79 Å². The molecule has 0 unspecified atom stereocenters. The highest BCUT2D eigenvalue weighted by atomic mass is 32.2. The highest BCUT2D eigenvalue weighted by Crippen LogP contribution is 2.25. The van der Waals surface area contributed by atoms with Crippen molar-refractivity contribution in [2.24, 2.45) is 0 Å². The van der Waals surface area contributed by atoms with Crippen molar-refractivity contribution in [3.63, 3.8) is 0 Å². The van der Waals surface area contributed by atoms with E-state index in [2.05, 4.69) is 4.74 Å².